The zero-order valence-corrected chi connectivity index (χ0v) is 23.6. The molecule has 10 heteroatoms. The molecule has 10 nitrogen and oxygen atoms in total. The molecule has 1 heterocycles. The highest BCUT2D eigenvalue weighted by Crippen LogP contribution is 2.35. The lowest BCUT2D eigenvalue weighted by Crippen LogP contribution is -2.40. The van der Waals surface area contributed by atoms with Crippen molar-refractivity contribution in [3.05, 3.63) is 64.3 Å². The van der Waals surface area contributed by atoms with Gasteiger partial charge in [0, 0.05) is 39.3 Å². The van der Waals surface area contributed by atoms with Crippen molar-refractivity contribution < 1.29 is 4.92 Å². The summed E-state index contributed by atoms with van der Waals surface area (Å²) in [6, 6.07) is 10.9. The summed E-state index contributed by atoms with van der Waals surface area (Å²) < 4.78 is 4.40. The van der Waals surface area contributed by atoms with Gasteiger partial charge in [0.2, 0.25) is 5.62 Å². The van der Waals surface area contributed by atoms with Gasteiger partial charge in [-0.15, -0.1) is 5.11 Å². The van der Waals surface area contributed by atoms with Crippen LogP contribution in [0.4, 0.5) is 17.1 Å². The Bertz CT molecular complexity index is 1360. The predicted molar refractivity (Wildman–Crippen MR) is 151 cm³/mol. The van der Waals surface area contributed by atoms with Crippen molar-refractivity contribution in [3.8, 4) is 0 Å². The van der Waals surface area contributed by atoms with Gasteiger partial charge in [0.25, 0.3) is 5.70 Å². The Morgan fingerprint density at radius 3 is 1.65 bits per heavy atom. The lowest BCUT2D eigenvalue weighted by atomic mass is 10.1. The maximum atomic E-state index is 11.0. The Morgan fingerprint density at radius 2 is 1.30 bits per heavy atom. The number of anilines is 2. The van der Waals surface area contributed by atoms with Gasteiger partial charge in [-0.1, -0.05) is 5.10 Å². The van der Waals surface area contributed by atoms with E-state index in [0.717, 1.165) is 22.4 Å². The van der Waals surface area contributed by atoms with Crippen LogP contribution in [0.1, 0.15) is 47.1 Å². The molecule has 0 saturated carbocycles. The Balaban J connectivity index is 2.30. The van der Waals surface area contributed by atoms with E-state index >= 15 is 0 Å². The Morgan fingerprint density at radius 1 is 0.865 bits per heavy atom. The first-order valence-corrected chi connectivity index (χ1v) is 12.1. The fourth-order valence-corrected chi connectivity index (χ4v) is 4.30. The third-order valence-corrected chi connectivity index (χ3v) is 5.97. The highest BCUT2D eigenvalue weighted by Gasteiger charge is 2.28. The zero-order chi connectivity index (χ0) is 27.9. The van der Waals surface area contributed by atoms with Crippen molar-refractivity contribution in [2.45, 2.75) is 52.6 Å². The van der Waals surface area contributed by atoms with Crippen molar-refractivity contribution in [2.24, 2.45) is 15.4 Å². The van der Waals surface area contributed by atoms with Gasteiger partial charge in [-0.05, 0) is 89.7 Å². The number of rotatable bonds is 6. The van der Waals surface area contributed by atoms with Gasteiger partial charge >= 0.3 is 0 Å². The second kappa shape index (κ2) is 9.84. The molecule has 0 N–H and O–H groups in total. The van der Waals surface area contributed by atoms with Gasteiger partial charge in [-0.2, -0.15) is 0 Å². The summed E-state index contributed by atoms with van der Waals surface area (Å²) in [6.07, 6.45) is 0. The molecule has 37 heavy (non-hydrogen) atoms. The van der Waals surface area contributed by atoms with Crippen LogP contribution in [-0.4, -0.2) is 42.2 Å². The quantitative estimate of drug-likeness (QED) is 0.235. The standard InChI is InChI=1S/C27H38N8O2/c1-18(35(36)37)19-12-14-20(15-13-19)28-30-29-25-33(26(2,3)4)23-16-21(31(8)9)22(32(10)11)17-24(23)34(25)27(5,6)7/h12-17H,1H2,2-11H3. The van der Waals surface area contributed by atoms with Crippen molar-refractivity contribution in [1.82, 2.24) is 9.13 Å². The first kappa shape index (κ1) is 27.6. The van der Waals surface area contributed by atoms with E-state index in [9.17, 15) is 10.1 Å². The van der Waals surface area contributed by atoms with E-state index in [4.69, 9.17) is 0 Å². The second-order valence-electron chi connectivity index (χ2n) is 11.5. The van der Waals surface area contributed by atoms with Gasteiger partial charge < -0.3 is 18.9 Å². The molecule has 0 unspecified atom stereocenters. The maximum Gasteiger partial charge on any atom is 0.269 e. The molecule has 3 rings (SSSR count). The number of hydrogen-bond donors (Lipinski definition) is 0. The third kappa shape index (κ3) is 5.58. The molecule has 2 aromatic carbocycles. The smallest absolute Gasteiger partial charge is 0.269 e. The monoisotopic (exact) mass is 506 g/mol. The Hall–Kier alpha value is -3.95. The molecular formula is C27H38N8O2. The highest BCUT2D eigenvalue weighted by molar-refractivity contribution is 5.89. The van der Waals surface area contributed by atoms with E-state index in [0.29, 0.717) is 16.9 Å². The summed E-state index contributed by atoms with van der Waals surface area (Å²) in [5.41, 5.74) is 5.19. The van der Waals surface area contributed by atoms with Gasteiger partial charge in [-0.3, -0.25) is 10.1 Å². The Labute approximate surface area is 218 Å². The Kier molecular flexibility index (Phi) is 7.35. The zero-order valence-electron chi connectivity index (χ0n) is 23.6. The first-order chi connectivity index (χ1) is 17.0. The third-order valence-electron chi connectivity index (χ3n) is 5.97. The van der Waals surface area contributed by atoms with Crippen LogP contribution in [0.2, 0.25) is 0 Å². The molecule has 0 aliphatic carbocycles. The fourth-order valence-electron chi connectivity index (χ4n) is 4.30. The van der Waals surface area contributed by atoms with E-state index in [2.05, 4.69) is 94.6 Å². The largest absolute Gasteiger partial charge is 0.376 e. The van der Waals surface area contributed by atoms with Crippen molar-refractivity contribution in [3.63, 3.8) is 0 Å². The average molecular weight is 507 g/mol. The van der Waals surface area contributed by atoms with E-state index in [-0.39, 0.29) is 16.8 Å². The summed E-state index contributed by atoms with van der Waals surface area (Å²) in [5.74, 6) is 0. The summed E-state index contributed by atoms with van der Waals surface area (Å²) in [5, 5.41) is 24.1. The van der Waals surface area contributed by atoms with E-state index in [1.165, 1.54) is 0 Å². The molecule has 3 aromatic rings. The van der Waals surface area contributed by atoms with Crippen LogP contribution in [-0.2, 0) is 11.1 Å². The molecule has 0 spiro atoms. The molecule has 0 bridgehead atoms. The minimum Gasteiger partial charge on any atom is -0.376 e. The number of nitro groups is 1. The van der Waals surface area contributed by atoms with Crippen LogP contribution in [0.15, 0.2) is 58.4 Å². The molecule has 0 amide bonds. The fraction of sp³-hybridized carbons (Fsp3) is 0.444. The molecule has 0 aliphatic heterocycles. The summed E-state index contributed by atoms with van der Waals surface area (Å²) in [4.78, 5) is 14.7. The van der Waals surface area contributed by atoms with Gasteiger partial charge in [0.05, 0.1) is 38.6 Å². The lowest BCUT2D eigenvalue weighted by Gasteiger charge is -2.25. The number of nitrogens with zero attached hydrogens (tertiary/aromatic N) is 8. The lowest BCUT2D eigenvalue weighted by molar-refractivity contribution is -0.375. The predicted octanol–water partition coefficient (Wildman–Crippen LogP) is 5.93. The van der Waals surface area contributed by atoms with Gasteiger partial charge in [-0.25, -0.2) is 0 Å². The van der Waals surface area contributed by atoms with Crippen LogP contribution in [0.3, 0.4) is 0 Å². The molecular weight excluding hydrogens is 468 g/mol. The molecule has 198 valence electrons. The SMILES string of the molecule is C=C(c1ccc(N=NN=c2n(C(C)(C)C)c3cc(N(C)C)c(N(C)C)cc3n2C(C)(C)C)cc1)[N+](=O)[O-]. The number of imidazole rings is 1. The minimum absolute atomic E-state index is 0.164. The first-order valence-electron chi connectivity index (χ1n) is 12.1. The van der Waals surface area contributed by atoms with Gasteiger partial charge in [0.15, 0.2) is 0 Å². The van der Waals surface area contributed by atoms with Crippen molar-refractivity contribution in [1.29, 1.82) is 0 Å². The van der Waals surface area contributed by atoms with E-state index in [1.54, 1.807) is 24.3 Å². The molecule has 0 saturated heterocycles. The molecule has 1 aromatic heterocycles. The van der Waals surface area contributed by atoms with Crippen LogP contribution in [0.25, 0.3) is 16.7 Å². The van der Waals surface area contributed by atoms with Crippen LogP contribution in [0.5, 0.6) is 0 Å². The second-order valence-corrected chi connectivity index (χ2v) is 11.5. The summed E-state index contributed by atoms with van der Waals surface area (Å²) in [6.45, 7) is 16.4. The number of fused-ring (bicyclic) bond motifs is 1. The van der Waals surface area contributed by atoms with E-state index in [1.807, 2.05) is 28.2 Å². The van der Waals surface area contributed by atoms with Crippen molar-refractivity contribution >= 4 is 33.8 Å². The summed E-state index contributed by atoms with van der Waals surface area (Å²) >= 11 is 0. The number of aromatic nitrogens is 2. The molecule has 0 fully saturated rings. The normalized spacial score (nSPS) is 12.3. The van der Waals surface area contributed by atoms with Gasteiger partial charge in [0.1, 0.15) is 0 Å². The number of benzene rings is 2. The topological polar surface area (TPSA) is 96.6 Å². The van der Waals surface area contributed by atoms with Crippen LogP contribution in [0, 0.1) is 10.1 Å². The maximum absolute atomic E-state index is 11.0. The molecule has 0 atom stereocenters. The minimum atomic E-state index is -0.508. The molecule has 0 aliphatic rings. The average Bonchev–Trinajstić information content (AvgIpc) is 3.11. The van der Waals surface area contributed by atoms with Crippen LogP contribution >= 0.6 is 0 Å². The summed E-state index contributed by atoms with van der Waals surface area (Å²) in [7, 11) is 8.17. The van der Waals surface area contributed by atoms with Crippen LogP contribution < -0.4 is 15.4 Å². The highest BCUT2D eigenvalue weighted by atomic mass is 16.6. The number of hydrogen-bond acceptors (Lipinski definition) is 6. The van der Waals surface area contributed by atoms with E-state index < -0.39 is 4.92 Å². The van der Waals surface area contributed by atoms with Crippen molar-refractivity contribution in [2.75, 3.05) is 38.0 Å². The molecule has 0 radical (unpaired) electrons.